The van der Waals surface area contributed by atoms with Gasteiger partial charge in [0.2, 0.25) is 0 Å². The van der Waals surface area contributed by atoms with Crippen LogP contribution in [0.5, 0.6) is 0 Å². The van der Waals surface area contributed by atoms with Gasteiger partial charge in [-0.25, -0.2) is 40.9 Å². The predicted molar refractivity (Wildman–Crippen MR) is 164 cm³/mol. The Bertz CT molecular complexity index is 1860. The van der Waals surface area contributed by atoms with Crippen molar-refractivity contribution in [3.63, 3.8) is 0 Å². The maximum absolute atomic E-state index is 15.0. The zero-order valence-electron chi connectivity index (χ0n) is 25.2. The van der Waals surface area contributed by atoms with Gasteiger partial charge >= 0.3 is 6.09 Å². The molecule has 15 heteroatoms. The first-order valence-electron chi connectivity index (χ1n) is 14.3. The first-order valence-corrected chi connectivity index (χ1v) is 15.8. The second-order valence-corrected chi connectivity index (χ2v) is 13.7. The third kappa shape index (κ3) is 7.36. The Morgan fingerprint density at radius 3 is 2.51 bits per heavy atom. The number of aryl methyl sites for hydroxylation is 1. The zero-order valence-corrected chi connectivity index (χ0v) is 26.0. The summed E-state index contributed by atoms with van der Waals surface area (Å²) in [4.78, 5) is 24.5. The Balaban J connectivity index is 1.38. The van der Waals surface area contributed by atoms with Crippen LogP contribution in [0.3, 0.4) is 0 Å². The van der Waals surface area contributed by atoms with Crippen molar-refractivity contribution in [2.45, 2.75) is 76.0 Å². The van der Waals surface area contributed by atoms with E-state index in [1.165, 1.54) is 18.3 Å². The van der Waals surface area contributed by atoms with Gasteiger partial charge in [0.15, 0.2) is 29.1 Å². The monoisotopic (exact) mass is 640 g/mol. The number of pyridine rings is 1. The van der Waals surface area contributed by atoms with Crippen LogP contribution in [0.15, 0.2) is 53.8 Å². The number of benzene rings is 1. The highest BCUT2D eigenvalue weighted by molar-refractivity contribution is 7.90. The van der Waals surface area contributed by atoms with Crippen LogP contribution in [-0.2, 0) is 14.8 Å². The molecule has 1 fully saturated rings. The van der Waals surface area contributed by atoms with E-state index in [0.29, 0.717) is 12.8 Å². The summed E-state index contributed by atoms with van der Waals surface area (Å²) in [6.45, 7) is 7.00. The molecule has 0 spiro atoms. The number of hydrogen-bond acceptors (Lipinski definition) is 9. The Morgan fingerprint density at radius 1 is 1.09 bits per heavy atom. The molecule has 45 heavy (non-hydrogen) atoms. The number of rotatable bonds is 6. The number of alkyl carbamates (subject to hydrolysis) is 1. The van der Waals surface area contributed by atoms with Gasteiger partial charge in [0.05, 0.1) is 17.3 Å². The lowest BCUT2D eigenvalue weighted by molar-refractivity contribution is 0.0560. The fourth-order valence-corrected chi connectivity index (χ4v) is 6.45. The summed E-state index contributed by atoms with van der Waals surface area (Å²) < 4.78 is 62.6. The maximum atomic E-state index is 15.0. The molecule has 1 aromatic carbocycles. The minimum Gasteiger partial charge on any atom is -0.444 e. The minimum atomic E-state index is -4.13. The molecule has 3 heterocycles. The second-order valence-electron chi connectivity index (χ2n) is 11.9. The number of amides is 1. The van der Waals surface area contributed by atoms with Crippen LogP contribution in [0.2, 0.25) is 0 Å². The number of anilines is 1. The van der Waals surface area contributed by atoms with Crippen molar-refractivity contribution in [3.8, 4) is 11.4 Å². The molecule has 1 unspecified atom stereocenters. The van der Waals surface area contributed by atoms with Gasteiger partial charge in [0.25, 0.3) is 10.0 Å². The van der Waals surface area contributed by atoms with Gasteiger partial charge in [-0.3, -0.25) is 10.7 Å². The van der Waals surface area contributed by atoms with Crippen molar-refractivity contribution in [2.75, 3.05) is 5.32 Å². The van der Waals surface area contributed by atoms with E-state index in [9.17, 15) is 22.0 Å². The predicted octanol–water partition coefficient (Wildman–Crippen LogP) is 5.09. The van der Waals surface area contributed by atoms with Crippen molar-refractivity contribution in [1.29, 1.82) is 5.41 Å². The van der Waals surface area contributed by atoms with E-state index in [1.54, 1.807) is 32.9 Å². The molecular formula is C30H34F2N8O4S. The van der Waals surface area contributed by atoms with E-state index in [0.717, 1.165) is 40.8 Å². The van der Waals surface area contributed by atoms with Crippen molar-refractivity contribution >= 4 is 38.9 Å². The van der Waals surface area contributed by atoms with E-state index in [-0.39, 0.29) is 51.2 Å². The zero-order chi connectivity index (χ0) is 32.5. The third-order valence-electron chi connectivity index (χ3n) is 7.13. The molecule has 1 aliphatic carbocycles. The number of aromatic nitrogens is 4. The van der Waals surface area contributed by atoms with Gasteiger partial charge in [0, 0.05) is 29.2 Å². The molecule has 5 rings (SSSR count). The molecule has 1 aliphatic rings. The van der Waals surface area contributed by atoms with Crippen LogP contribution >= 0.6 is 0 Å². The van der Waals surface area contributed by atoms with Gasteiger partial charge in [-0.05, 0) is 71.6 Å². The summed E-state index contributed by atoms with van der Waals surface area (Å²) in [5.74, 6) is -1.76. The largest absolute Gasteiger partial charge is 0.444 e. The maximum Gasteiger partial charge on any atom is 0.414 e. The molecule has 0 aliphatic heterocycles. The lowest BCUT2D eigenvalue weighted by Gasteiger charge is -2.31. The number of halogens is 2. The summed E-state index contributed by atoms with van der Waals surface area (Å²) in [6, 6.07) is 6.97. The standard InChI is InChI=1S/C30H34F2N8O4S/c1-17-8-10-21(11-9-17)45(42,43)40-16-23(22-12-18(31)14-35-27(22)40)25-34-15-24(32)26(38-25)36-19-6-5-7-20(13-19)37-28(33)39-29(41)44-30(2,3)4/h8-12,14-16,19-20H,5-7,13H2,1-4H3,(H,34,36,38)(H3,33,37,39,41)/t19?,20-/m1/s1. The summed E-state index contributed by atoms with van der Waals surface area (Å²) in [6.07, 6.45) is 5.05. The van der Waals surface area contributed by atoms with Gasteiger partial charge in [-0.15, -0.1) is 0 Å². The molecule has 4 aromatic rings. The van der Waals surface area contributed by atoms with Crippen LogP contribution < -0.4 is 16.0 Å². The highest BCUT2D eigenvalue weighted by atomic mass is 32.2. The molecule has 4 N–H and O–H groups in total. The summed E-state index contributed by atoms with van der Waals surface area (Å²) in [5, 5.41) is 16.7. The number of nitrogens with one attached hydrogen (secondary N) is 4. The molecule has 1 saturated carbocycles. The number of fused-ring (bicyclic) bond motifs is 1. The highest BCUT2D eigenvalue weighted by Crippen LogP contribution is 2.32. The van der Waals surface area contributed by atoms with Crippen LogP contribution in [0.4, 0.5) is 19.4 Å². The molecule has 2 atom stereocenters. The van der Waals surface area contributed by atoms with E-state index in [1.807, 2.05) is 6.92 Å². The molecule has 0 bridgehead atoms. The highest BCUT2D eigenvalue weighted by Gasteiger charge is 2.27. The molecule has 0 saturated heterocycles. The second kappa shape index (κ2) is 12.4. The summed E-state index contributed by atoms with van der Waals surface area (Å²) in [7, 11) is -4.13. The van der Waals surface area contributed by atoms with E-state index < -0.39 is 33.4 Å². The lowest BCUT2D eigenvalue weighted by Crippen LogP contribution is -2.49. The molecule has 12 nitrogen and oxygen atoms in total. The first kappa shape index (κ1) is 31.8. The Kier molecular flexibility index (Phi) is 8.74. The average Bonchev–Trinajstić information content (AvgIpc) is 3.33. The van der Waals surface area contributed by atoms with Crippen LogP contribution in [0.25, 0.3) is 22.4 Å². The van der Waals surface area contributed by atoms with E-state index in [4.69, 9.17) is 10.1 Å². The average molecular weight is 641 g/mol. The number of carbonyl (C=O) groups is 1. The van der Waals surface area contributed by atoms with Crippen molar-refractivity contribution in [3.05, 3.63) is 66.1 Å². The Morgan fingerprint density at radius 2 is 1.80 bits per heavy atom. The smallest absolute Gasteiger partial charge is 0.414 e. The molecule has 0 radical (unpaired) electrons. The van der Waals surface area contributed by atoms with Crippen LogP contribution in [0.1, 0.15) is 52.0 Å². The van der Waals surface area contributed by atoms with Crippen LogP contribution in [0, 0.1) is 24.0 Å². The number of nitrogens with zero attached hydrogens (tertiary/aromatic N) is 4. The number of ether oxygens (including phenoxy) is 1. The molecular weight excluding hydrogens is 606 g/mol. The van der Waals surface area contributed by atoms with Gasteiger partial charge < -0.3 is 15.4 Å². The number of hydrogen-bond donors (Lipinski definition) is 4. The SMILES string of the molecule is Cc1ccc(S(=O)(=O)n2cc(-c3ncc(F)c(NC4CCC[C@@H](NC(=N)NC(=O)OC(C)(C)C)C4)n3)c3cc(F)cnc32)cc1. The summed E-state index contributed by atoms with van der Waals surface area (Å²) in [5.41, 5.74) is 0.293. The van der Waals surface area contributed by atoms with Crippen molar-refractivity contribution < 1.29 is 26.7 Å². The first-order chi connectivity index (χ1) is 21.2. The number of carbonyl (C=O) groups excluding carboxylic acids is 1. The van der Waals surface area contributed by atoms with Gasteiger partial charge in [0.1, 0.15) is 11.4 Å². The molecule has 3 aromatic heterocycles. The van der Waals surface area contributed by atoms with E-state index >= 15 is 0 Å². The fourth-order valence-electron chi connectivity index (χ4n) is 5.13. The topological polar surface area (TPSA) is 164 Å². The van der Waals surface area contributed by atoms with Gasteiger partial charge in [-0.2, -0.15) is 0 Å². The number of guanidine groups is 1. The lowest BCUT2D eigenvalue weighted by atomic mass is 9.91. The van der Waals surface area contributed by atoms with E-state index in [2.05, 4.69) is 30.9 Å². The summed E-state index contributed by atoms with van der Waals surface area (Å²) >= 11 is 0. The quantitative estimate of drug-likeness (QED) is 0.166. The van der Waals surface area contributed by atoms with Gasteiger partial charge in [-0.1, -0.05) is 17.7 Å². The minimum absolute atomic E-state index is 0.0138. The Labute approximate surface area is 259 Å². The third-order valence-corrected chi connectivity index (χ3v) is 8.79. The molecule has 238 valence electrons. The van der Waals surface area contributed by atoms with Crippen molar-refractivity contribution in [1.82, 2.24) is 29.6 Å². The van der Waals surface area contributed by atoms with Crippen LogP contribution in [-0.4, -0.2) is 57.1 Å². The Hall–Kier alpha value is -4.66. The van der Waals surface area contributed by atoms with Crippen molar-refractivity contribution in [2.24, 2.45) is 0 Å². The normalized spacial score (nSPS) is 17.1. The molecule has 1 amide bonds. The fraction of sp³-hybridized carbons (Fsp3) is 0.367.